The highest BCUT2D eigenvalue weighted by Gasteiger charge is 2.10. The predicted octanol–water partition coefficient (Wildman–Crippen LogP) is 2.99. The van der Waals surface area contributed by atoms with Gasteiger partial charge in [0.05, 0.1) is 21.3 Å². The molecule has 0 fully saturated rings. The zero-order valence-corrected chi connectivity index (χ0v) is 18.5. The monoisotopic (exact) mass is 444 g/mol. The maximum Gasteiger partial charge on any atom is 0.414 e. The first-order chi connectivity index (χ1) is 15.3. The van der Waals surface area contributed by atoms with Crippen LogP contribution in [0.5, 0.6) is 17.2 Å². The molecule has 172 valence electrons. The lowest BCUT2D eigenvalue weighted by Crippen LogP contribution is -2.17. The topological polar surface area (TPSA) is 130 Å². The van der Waals surface area contributed by atoms with Crippen LogP contribution in [-0.2, 0) is 22.6 Å². The van der Waals surface area contributed by atoms with Gasteiger partial charge in [0.25, 0.3) is 0 Å². The highest BCUT2D eigenvalue weighted by molar-refractivity contribution is 6.27. The average molecular weight is 444 g/mol. The van der Waals surface area contributed by atoms with Gasteiger partial charge in [-0.15, -0.1) is 0 Å². The van der Waals surface area contributed by atoms with E-state index in [4.69, 9.17) is 34.0 Å². The molecule has 0 aliphatic rings. The summed E-state index contributed by atoms with van der Waals surface area (Å²) in [6, 6.07) is 12.0. The summed E-state index contributed by atoms with van der Waals surface area (Å²) < 4.78 is 16.1. The maximum atomic E-state index is 9.10. The van der Waals surface area contributed by atoms with Gasteiger partial charge in [0, 0.05) is 28.7 Å². The molecule has 9 heteroatoms. The van der Waals surface area contributed by atoms with Crippen molar-refractivity contribution in [3.63, 3.8) is 0 Å². The van der Waals surface area contributed by atoms with Gasteiger partial charge in [-0.25, -0.2) is 9.59 Å². The van der Waals surface area contributed by atoms with Crippen LogP contribution in [0.2, 0.25) is 0 Å². The van der Waals surface area contributed by atoms with Gasteiger partial charge >= 0.3 is 11.9 Å². The molecule has 3 rings (SSSR count). The number of rotatable bonds is 8. The fourth-order valence-electron chi connectivity index (χ4n) is 3.27. The molecule has 0 saturated heterocycles. The molecule has 0 bridgehead atoms. The molecular formula is C23H28N2O7. The number of fused-ring (bicyclic) bond motifs is 1. The average Bonchev–Trinajstić information content (AvgIpc) is 3.10. The van der Waals surface area contributed by atoms with Crippen LogP contribution in [0.1, 0.15) is 16.8 Å². The van der Waals surface area contributed by atoms with E-state index in [0.29, 0.717) is 0 Å². The normalized spacial score (nSPS) is 10.2. The summed E-state index contributed by atoms with van der Waals surface area (Å²) in [5, 5.41) is 19.5. The molecule has 0 saturated carbocycles. The second kappa shape index (κ2) is 11.6. The number of ether oxygens (including phenoxy) is 3. The van der Waals surface area contributed by atoms with Gasteiger partial charge in [0.2, 0.25) is 0 Å². The van der Waals surface area contributed by atoms with Gasteiger partial charge in [-0.2, -0.15) is 0 Å². The molecule has 3 aromatic rings. The Hall–Kier alpha value is -3.72. The van der Waals surface area contributed by atoms with Crippen molar-refractivity contribution in [3.8, 4) is 17.2 Å². The Labute approximate surface area is 185 Å². The van der Waals surface area contributed by atoms with Crippen molar-refractivity contribution in [2.24, 2.45) is 0 Å². The predicted molar refractivity (Wildman–Crippen MR) is 120 cm³/mol. The van der Waals surface area contributed by atoms with Crippen molar-refractivity contribution in [2.75, 3.05) is 27.9 Å². The van der Waals surface area contributed by atoms with E-state index in [1.165, 1.54) is 16.6 Å². The van der Waals surface area contributed by atoms with Gasteiger partial charge in [0.15, 0.2) is 0 Å². The van der Waals surface area contributed by atoms with Gasteiger partial charge in [-0.3, -0.25) is 0 Å². The minimum Gasteiger partial charge on any atom is -0.497 e. The van der Waals surface area contributed by atoms with E-state index in [2.05, 4.69) is 29.4 Å². The molecule has 9 nitrogen and oxygen atoms in total. The van der Waals surface area contributed by atoms with Crippen molar-refractivity contribution in [1.29, 1.82) is 0 Å². The Morgan fingerprint density at radius 2 is 1.56 bits per heavy atom. The lowest BCUT2D eigenvalue weighted by Gasteiger charge is -2.11. The Bertz CT molecular complexity index is 1060. The van der Waals surface area contributed by atoms with Gasteiger partial charge in [0.1, 0.15) is 17.2 Å². The smallest absolute Gasteiger partial charge is 0.414 e. The van der Waals surface area contributed by atoms with Gasteiger partial charge in [-0.05, 0) is 61.9 Å². The SMILES string of the molecule is COc1ccc(OC)c(CNCCc2c(C)[nH]c3ccc(OC)cc23)c1.O=C(O)C(=O)O. The third-order valence-electron chi connectivity index (χ3n) is 4.86. The summed E-state index contributed by atoms with van der Waals surface area (Å²) in [6.45, 7) is 3.71. The number of benzene rings is 2. The second-order valence-corrected chi connectivity index (χ2v) is 6.85. The molecule has 32 heavy (non-hydrogen) atoms. The number of hydrogen-bond donors (Lipinski definition) is 4. The number of H-pyrrole nitrogens is 1. The van der Waals surface area contributed by atoms with Crippen molar-refractivity contribution in [1.82, 2.24) is 10.3 Å². The van der Waals surface area contributed by atoms with E-state index < -0.39 is 11.9 Å². The van der Waals surface area contributed by atoms with E-state index in [0.717, 1.165) is 47.8 Å². The molecule has 0 spiro atoms. The third-order valence-corrected chi connectivity index (χ3v) is 4.86. The summed E-state index contributed by atoms with van der Waals surface area (Å²) in [5.74, 6) is -1.06. The molecule has 0 amide bonds. The van der Waals surface area contributed by atoms with Crippen LogP contribution in [0.4, 0.5) is 0 Å². The standard InChI is InChI=1S/C21H26N2O3.C2H2O4/c1-14-18(19-12-17(25-3)5-7-20(19)23-14)9-10-22-13-15-11-16(24-2)6-8-21(15)26-4;3-1(4)2(5)6/h5-8,11-12,22-23H,9-10,13H2,1-4H3;(H,3,4)(H,5,6). The maximum absolute atomic E-state index is 9.10. The minimum atomic E-state index is -1.82. The molecule has 0 aliphatic heterocycles. The van der Waals surface area contributed by atoms with E-state index in [-0.39, 0.29) is 0 Å². The molecule has 0 aliphatic carbocycles. The third kappa shape index (κ3) is 6.39. The van der Waals surface area contributed by atoms with Crippen molar-refractivity contribution in [3.05, 3.63) is 53.2 Å². The Kier molecular flexibility index (Phi) is 8.91. The fraction of sp³-hybridized carbons (Fsp3) is 0.304. The first-order valence-corrected chi connectivity index (χ1v) is 9.83. The number of carbonyl (C=O) groups is 2. The van der Waals surface area contributed by atoms with E-state index in [9.17, 15) is 0 Å². The number of aliphatic carboxylic acids is 2. The van der Waals surface area contributed by atoms with Crippen LogP contribution >= 0.6 is 0 Å². The number of aromatic nitrogens is 1. The van der Waals surface area contributed by atoms with Crippen LogP contribution < -0.4 is 19.5 Å². The Morgan fingerprint density at radius 1 is 0.938 bits per heavy atom. The number of methoxy groups -OCH3 is 3. The van der Waals surface area contributed by atoms with Gasteiger partial charge < -0.3 is 34.7 Å². The number of carboxylic acid groups (broad SMARTS) is 2. The molecule has 0 atom stereocenters. The number of nitrogens with one attached hydrogen (secondary N) is 2. The minimum absolute atomic E-state index is 0.727. The molecule has 0 radical (unpaired) electrons. The molecule has 0 unspecified atom stereocenters. The van der Waals surface area contributed by atoms with Crippen molar-refractivity contribution in [2.45, 2.75) is 19.9 Å². The number of aryl methyl sites for hydroxylation is 1. The highest BCUT2D eigenvalue weighted by atomic mass is 16.5. The number of aromatic amines is 1. The summed E-state index contributed by atoms with van der Waals surface area (Å²) in [5.41, 5.74) is 4.76. The molecule has 1 heterocycles. The lowest BCUT2D eigenvalue weighted by molar-refractivity contribution is -0.159. The first kappa shape index (κ1) is 24.5. The Morgan fingerprint density at radius 3 is 2.16 bits per heavy atom. The molecular weight excluding hydrogens is 416 g/mol. The van der Waals surface area contributed by atoms with Crippen LogP contribution in [0.15, 0.2) is 36.4 Å². The molecule has 2 aromatic carbocycles. The number of hydrogen-bond acceptors (Lipinski definition) is 6. The summed E-state index contributed by atoms with van der Waals surface area (Å²) in [7, 11) is 5.06. The molecule has 1 aromatic heterocycles. The quantitative estimate of drug-likeness (QED) is 0.308. The fourth-order valence-corrected chi connectivity index (χ4v) is 3.27. The molecule has 4 N–H and O–H groups in total. The summed E-state index contributed by atoms with van der Waals surface area (Å²) in [4.78, 5) is 21.6. The second-order valence-electron chi connectivity index (χ2n) is 6.85. The number of carboxylic acids is 2. The van der Waals surface area contributed by atoms with E-state index >= 15 is 0 Å². The van der Waals surface area contributed by atoms with Crippen LogP contribution in [0, 0.1) is 6.92 Å². The summed E-state index contributed by atoms with van der Waals surface area (Å²) >= 11 is 0. The van der Waals surface area contributed by atoms with Crippen molar-refractivity contribution < 1.29 is 34.0 Å². The lowest BCUT2D eigenvalue weighted by atomic mass is 10.1. The van der Waals surface area contributed by atoms with Crippen LogP contribution in [-0.4, -0.2) is 55.0 Å². The highest BCUT2D eigenvalue weighted by Crippen LogP contribution is 2.27. The van der Waals surface area contributed by atoms with Crippen LogP contribution in [0.25, 0.3) is 10.9 Å². The van der Waals surface area contributed by atoms with E-state index in [1.807, 2.05) is 24.3 Å². The zero-order chi connectivity index (χ0) is 23.7. The largest absolute Gasteiger partial charge is 0.497 e. The zero-order valence-electron chi connectivity index (χ0n) is 18.5. The van der Waals surface area contributed by atoms with E-state index in [1.54, 1.807) is 21.3 Å². The Balaban J connectivity index is 0.000000534. The summed E-state index contributed by atoms with van der Waals surface area (Å²) in [6.07, 6.45) is 0.936. The van der Waals surface area contributed by atoms with Gasteiger partial charge in [-0.1, -0.05) is 0 Å². The van der Waals surface area contributed by atoms with Crippen LogP contribution in [0.3, 0.4) is 0 Å². The first-order valence-electron chi connectivity index (χ1n) is 9.83. The van der Waals surface area contributed by atoms with Crippen molar-refractivity contribution >= 4 is 22.8 Å².